The second-order valence-electron chi connectivity index (χ2n) is 9.02. The summed E-state index contributed by atoms with van der Waals surface area (Å²) in [7, 11) is 7.46. The number of anilines is 3. The Morgan fingerprint density at radius 3 is 2.80 bits per heavy atom. The zero-order chi connectivity index (χ0) is 35.1. The number of para-hydroxylation sites is 1. The first-order chi connectivity index (χ1) is 21.8. The van der Waals surface area contributed by atoms with E-state index in [-0.39, 0.29) is 0 Å². The highest BCUT2D eigenvalue weighted by Crippen LogP contribution is 2.33. The Morgan fingerprint density at radius 1 is 1.29 bits per heavy atom. The third kappa shape index (κ3) is 5.12. The number of hydrogen-bond acceptors (Lipinski definition) is 7. The highest BCUT2D eigenvalue weighted by molar-refractivity contribution is 6.02. The van der Waals surface area contributed by atoms with Crippen LogP contribution in [0, 0.1) is 6.92 Å². The van der Waals surface area contributed by atoms with Gasteiger partial charge in [-0.2, -0.15) is 0 Å². The molecule has 0 radical (unpaired) electrons. The van der Waals surface area contributed by atoms with E-state index >= 15 is 0 Å². The van der Waals surface area contributed by atoms with Crippen LogP contribution in [-0.2, 0) is 18.2 Å². The summed E-state index contributed by atoms with van der Waals surface area (Å²) in [6.07, 6.45) is 5.43. The molecule has 0 aliphatic rings. The number of esters is 1. The van der Waals surface area contributed by atoms with Crippen LogP contribution in [0.1, 0.15) is 42.8 Å². The molecular weight excluding hydrogens is 440 g/mol. The first kappa shape index (κ1) is 18.4. The maximum Gasteiger partial charge on any atom is 0.341 e. The van der Waals surface area contributed by atoms with Crippen molar-refractivity contribution in [1.82, 2.24) is 19.4 Å². The molecule has 0 bridgehead atoms. The lowest BCUT2D eigenvalue weighted by Crippen LogP contribution is -2.14. The van der Waals surface area contributed by atoms with Gasteiger partial charge in [0.1, 0.15) is 5.56 Å². The summed E-state index contributed by atoms with van der Waals surface area (Å²) in [6, 6.07) is 12.0. The Labute approximate surface area is 221 Å². The molecule has 0 atom stereocenters. The number of hydrogen-bond donors (Lipinski definition) is 2. The van der Waals surface area contributed by atoms with E-state index in [4.69, 9.17) is 30.3 Å². The summed E-state index contributed by atoms with van der Waals surface area (Å²) in [5.41, 5.74) is 12.8. The molecule has 0 spiro atoms. The van der Waals surface area contributed by atoms with Crippen molar-refractivity contribution in [2.45, 2.75) is 19.8 Å². The molecule has 0 amide bonds. The van der Waals surface area contributed by atoms with Gasteiger partial charge in [-0.1, -0.05) is 24.3 Å². The number of carbonyl (C=O) groups excluding carboxylic acids is 1. The van der Waals surface area contributed by atoms with Crippen LogP contribution in [0.5, 0.6) is 0 Å². The van der Waals surface area contributed by atoms with E-state index < -0.39 is 5.97 Å². The number of rotatable bonds is 8. The van der Waals surface area contributed by atoms with Crippen molar-refractivity contribution in [1.29, 1.82) is 0 Å². The fourth-order valence-electron chi connectivity index (χ4n) is 4.28. The molecule has 2 aromatic heterocycles. The zero-order valence-corrected chi connectivity index (χ0v) is 20.9. The predicted molar refractivity (Wildman–Crippen MR) is 152 cm³/mol. The fraction of sp³-hybridized carbons (Fsp3) is 0.296. The average Bonchev–Trinajstić information content (AvgIpc) is 3.43. The fourth-order valence-corrected chi connectivity index (χ4v) is 4.28. The number of carbonyl (C=O) groups is 1. The van der Waals surface area contributed by atoms with Gasteiger partial charge in [-0.25, -0.2) is 14.8 Å². The standard InChI is InChI=1S/C27H32N6O2.5H2/c1-17-13-18(9-8-12-32(2)3)22(28)14-23(17)30-27-29-15-20(26(34)35-5)25(31-27)21-16-33(4)24-11-7-6-10-19(21)24;;;;;/h6-7,10-11,13-16H,8-9,12,28H2,1-5H3,(H,29,30,31);5*1H/i;5*1+2T. The smallest absolute Gasteiger partial charge is 0.341 e. The molecule has 35 heavy (non-hydrogen) atoms. The van der Waals surface area contributed by atoms with Crippen LogP contribution in [0.15, 0.2) is 48.8 Å². The number of nitrogens with zero attached hydrogens (tertiary/aromatic N) is 4. The van der Waals surface area contributed by atoms with Gasteiger partial charge in [0.25, 0.3) is 0 Å². The third-order valence-corrected chi connectivity index (χ3v) is 6.13. The Hall–Kier alpha value is -3.91. The Bertz CT molecular complexity index is 1410. The van der Waals surface area contributed by atoms with Crippen molar-refractivity contribution in [2.24, 2.45) is 7.05 Å². The summed E-state index contributed by atoms with van der Waals surface area (Å²) >= 11 is 0. The molecule has 8 nitrogen and oxygen atoms in total. The molecule has 8 heteroatoms. The van der Waals surface area contributed by atoms with Gasteiger partial charge in [0.15, 0.2) is 0 Å². The van der Waals surface area contributed by atoms with Gasteiger partial charge < -0.3 is 25.3 Å². The van der Waals surface area contributed by atoms with Crippen molar-refractivity contribution >= 4 is 34.2 Å². The molecule has 192 valence electrons. The third-order valence-electron chi connectivity index (χ3n) is 6.13. The maximum atomic E-state index is 12.5. The van der Waals surface area contributed by atoms with Crippen LogP contribution in [0.3, 0.4) is 0 Å². The van der Waals surface area contributed by atoms with Crippen LogP contribution < -0.4 is 11.1 Å². The van der Waals surface area contributed by atoms with Crippen molar-refractivity contribution in [3.8, 4) is 11.3 Å². The second-order valence-corrected chi connectivity index (χ2v) is 9.02. The van der Waals surface area contributed by atoms with Crippen molar-refractivity contribution in [3.63, 3.8) is 0 Å². The van der Waals surface area contributed by atoms with Crippen molar-refractivity contribution in [2.75, 3.05) is 38.8 Å². The van der Waals surface area contributed by atoms with Gasteiger partial charge in [0, 0.05) is 62.1 Å². The highest BCUT2D eigenvalue weighted by Gasteiger charge is 2.20. The lowest BCUT2D eigenvalue weighted by Gasteiger charge is -2.15. The van der Waals surface area contributed by atoms with Gasteiger partial charge in [-0.15, -0.1) is 0 Å². The van der Waals surface area contributed by atoms with E-state index in [1.807, 2.05) is 55.1 Å². The molecule has 2 heterocycles. The van der Waals surface area contributed by atoms with Gasteiger partial charge >= 0.3 is 5.97 Å². The van der Waals surface area contributed by atoms with E-state index in [2.05, 4.69) is 35.4 Å². The topological polar surface area (TPSA) is 98.3 Å². The SMILES string of the molecule is COC(=O)c1cnc(Nc2cc(N)c(CCCN(C)C)cc2C)nc1-c1cn(C)c2ccccc12.[3H][3H].[3H][3H].[3H][3H].[3H][3H].[3H][3H]. The molecule has 0 fully saturated rings. The minimum Gasteiger partial charge on any atom is -0.465 e. The molecule has 4 rings (SSSR count). The summed E-state index contributed by atoms with van der Waals surface area (Å²) < 4.78 is 57.0. The number of nitrogen functional groups attached to an aromatic ring is 1. The van der Waals surface area contributed by atoms with Gasteiger partial charge in [-0.05, 0) is 63.7 Å². The molecule has 3 N–H and O–H groups in total. The number of nitrogens with one attached hydrogen (secondary N) is 1. The molecule has 2 aromatic carbocycles. The Balaban J connectivity index is 0. The zero-order valence-electron chi connectivity index (χ0n) is 30.9. The van der Waals surface area contributed by atoms with Crippen LogP contribution in [0.4, 0.5) is 17.3 Å². The summed E-state index contributed by atoms with van der Waals surface area (Å²) in [5, 5.41) is 4.29. The van der Waals surface area contributed by atoms with Gasteiger partial charge in [0.05, 0.1) is 12.8 Å². The van der Waals surface area contributed by atoms with Crippen LogP contribution in [0.25, 0.3) is 22.2 Å². The second kappa shape index (κ2) is 10.1. The first-order valence-corrected chi connectivity index (χ1v) is 11.6. The number of methoxy groups -OCH3 is 1. The van der Waals surface area contributed by atoms with Crippen molar-refractivity contribution in [3.05, 3.63) is 65.5 Å². The Kier molecular flexibility index (Phi) is 5.34. The minimum absolute atomic E-state index is 0.307. The molecule has 0 saturated carbocycles. The molecule has 0 aliphatic heterocycles. The van der Waals surface area contributed by atoms with Gasteiger partial charge in [0.2, 0.25) is 5.95 Å². The normalized spacial score (nSPS) is 12.4. The van der Waals surface area contributed by atoms with Crippen LogP contribution >= 0.6 is 0 Å². The maximum absolute atomic E-state index is 12.5. The quantitative estimate of drug-likeness (QED) is 0.233. The van der Waals surface area contributed by atoms with E-state index in [1.165, 1.54) is 13.3 Å². The molecule has 0 unspecified atom stereocenters. The summed E-state index contributed by atoms with van der Waals surface area (Å²) in [6.45, 7) is 3.04. The predicted octanol–water partition coefficient (Wildman–Crippen LogP) is 5.78. The van der Waals surface area contributed by atoms with Gasteiger partial charge in [-0.3, -0.25) is 0 Å². The number of ether oxygens (including phenoxy) is 1. The number of nitrogens with two attached hydrogens (primary N) is 1. The monoisotopic (exact) mass is 502 g/mol. The largest absolute Gasteiger partial charge is 0.465 e. The van der Waals surface area contributed by atoms with Crippen molar-refractivity contribution < 1.29 is 24.4 Å². The first-order valence-electron chi connectivity index (χ1n) is 16.6. The van der Waals surface area contributed by atoms with E-state index in [0.29, 0.717) is 17.2 Å². The van der Waals surface area contributed by atoms with E-state index in [0.717, 1.165) is 58.4 Å². The highest BCUT2D eigenvalue weighted by atomic mass is 16.5. The molecule has 4 aromatic rings. The van der Waals surface area contributed by atoms with Crippen LogP contribution in [0.2, 0.25) is 0 Å². The molecule has 0 aliphatic carbocycles. The lowest BCUT2D eigenvalue weighted by atomic mass is 10.0. The lowest BCUT2D eigenvalue weighted by molar-refractivity contribution is 0.0601. The Morgan fingerprint density at radius 2 is 2.06 bits per heavy atom. The number of benzene rings is 2. The number of aromatic nitrogens is 3. The summed E-state index contributed by atoms with van der Waals surface area (Å²) in [5.74, 6) is -0.106. The molecule has 0 saturated heterocycles. The number of fused-ring (bicyclic) bond motifs is 1. The number of aryl methyl sites for hydroxylation is 3. The molecular formula is C27H42N6O2. The van der Waals surface area contributed by atoms with Crippen LogP contribution in [-0.4, -0.2) is 53.2 Å². The summed E-state index contributed by atoms with van der Waals surface area (Å²) in [4.78, 5) is 23.9. The minimum atomic E-state index is -0.484. The average molecular weight is 503 g/mol. The van der Waals surface area contributed by atoms with E-state index in [9.17, 15) is 4.79 Å². The van der Waals surface area contributed by atoms with E-state index in [1.54, 1.807) is 0 Å².